The van der Waals surface area contributed by atoms with Crippen molar-refractivity contribution < 1.29 is 4.39 Å². The van der Waals surface area contributed by atoms with Crippen LogP contribution < -0.4 is 16.8 Å². The minimum atomic E-state index is -0.473. The maximum atomic E-state index is 14.3. The van der Waals surface area contributed by atoms with Gasteiger partial charge in [-0.15, -0.1) is 0 Å². The van der Waals surface area contributed by atoms with E-state index in [1.807, 2.05) is 19.1 Å². The van der Waals surface area contributed by atoms with E-state index in [9.17, 15) is 4.39 Å². The van der Waals surface area contributed by atoms with E-state index < -0.39 is 5.82 Å². The van der Waals surface area contributed by atoms with E-state index in [1.54, 1.807) is 24.4 Å². The Morgan fingerprint density at radius 2 is 2.07 bits per heavy atom. The summed E-state index contributed by atoms with van der Waals surface area (Å²) in [5, 5.41) is 18.9. The molecule has 1 aromatic heterocycles. The van der Waals surface area contributed by atoms with Crippen molar-refractivity contribution in [3.63, 3.8) is 0 Å². The van der Waals surface area contributed by atoms with Crippen LogP contribution in [0.1, 0.15) is 22.5 Å². The lowest BCUT2D eigenvalue weighted by Crippen LogP contribution is -2.17. The summed E-state index contributed by atoms with van der Waals surface area (Å²) < 4.78 is 14.3. The maximum Gasteiger partial charge on any atom is 0.131 e. The van der Waals surface area contributed by atoms with Gasteiger partial charge in [0.2, 0.25) is 0 Å². The van der Waals surface area contributed by atoms with Crippen molar-refractivity contribution >= 4 is 23.1 Å². The minimum Gasteiger partial charge on any atom is -0.404 e. The second-order valence-electron chi connectivity index (χ2n) is 5.80. The van der Waals surface area contributed by atoms with E-state index in [1.165, 1.54) is 12.3 Å². The number of aryl methyl sites for hydroxylation is 1. The number of hydrogen-bond acceptors (Lipinski definition) is 6. The Kier molecular flexibility index (Phi) is 6.96. The molecule has 0 fully saturated rings. The highest BCUT2D eigenvalue weighted by Gasteiger charge is 2.15. The summed E-state index contributed by atoms with van der Waals surface area (Å²) in [4.78, 5) is 4.34. The van der Waals surface area contributed by atoms with Gasteiger partial charge >= 0.3 is 0 Å². The van der Waals surface area contributed by atoms with Crippen LogP contribution >= 0.6 is 0 Å². The predicted molar refractivity (Wildman–Crippen MR) is 108 cm³/mol. The maximum absolute atomic E-state index is 14.3. The Morgan fingerprint density at radius 3 is 2.70 bits per heavy atom. The molecule has 1 heterocycles. The monoisotopic (exact) mass is 366 g/mol. The summed E-state index contributed by atoms with van der Waals surface area (Å²) in [5.74, 6) is -0.473. The molecule has 0 spiro atoms. The van der Waals surface area contributed by atoms with Crippen molar-refractivity contribution in [2.75, 3.05) is 13.1 Å². The topological polar surface area (TPSA) is 125 Å². The smallest absolute Gasteiger partial charge is 0.131 e. The number of nitrogens with one attached hydrogen (secondary N) is 3. The lowest BCUT2D eigenvalue weighted by Gasteiger charge is -2.12. The summed E-state index contributed by atoms with van der Waals surface area (Å²) in [6.07, 6.45) is 3.91. The molecule has 27 heavy (non-hydrogen) atoms. The third-order valence-electron chi connectivity index (χ3n) is 3.87. The van der Waals surface area contributed by atoms with Gasteiger partial charge in [-0.05, 0) is 36.8 Å². The predicted octanol–water partition coefficient (Wildman–Crippen LogP) is 2.44. The molecule has 0 atom stereocenters. The fourth-order valence-electron chi connectivity index (χ4n) is 2.52. The van der Waals surface area contributed by atoms with E-state index in [0.29, 0.717) is 35.5 Å². The molecular formula is C20H23FN6. The highest BCUT2D eigenvalue weighted by Crippen LogP contribution is 2.24. The van der Waals surface area contributed by atoms with Crippen LogP contribution in [0.2, 0.25) is 0 Å². The van der Waals surface area contributed by atoms with E-state index >= 15 is 0 Å². The molecule has 2 aromatic rings. The van der Waals surface area contributed by atoms with Gasteiger partial charge in [-0.2, -0.15) is 0 Å². The average Bonchev–Trinajstić information content (AvgIpc) is 2.67. The zero-order chi connectivity index (χ0) is 19.8. The first-order chi connectivity index (χ1) is 13.0. The van der Waals surface area contributed by atoms with Gasteiger partial charge in [0.15, 0.2) is 0 Å². The van der Waals surface area contributed by atoms with Crippen LogP contribution in [0.4, 0.5) is 4.39 Å². The third-order valence-corrected chi connectivity index (χ3v) is 3.87. The molecule has 0 aliphatic rings. The molecule has 0 amide bonds. The third kappa shape index (κ3) is 4.86. The Bertz CT molecular complexity index is 901. The fraction of sp³-hybridized carbons (Fsp3) is 0.150. The number of aromatic nitrogens is 1. The van der Waals surface area contributed by atoms with E-state index in [4.69, 9.17) is 22.3 Å². The Hall–Kier alpha value is -3.32. The number of nitrogens with two attached hydrogens (primary N) is 2. The van der Waals surface area contributed by atoms with Gasteiger partial charge in [0, 0.05) is 54.1 Å². The molecule has 0 radical (unpaired) electrons. The Balaban J connectivity index is 2.44. The van der Waals surface area contributed by atoms with E-state index in [0.717, 1.165) is 11.9 Å². The number of hydrogen-bond donors (Lipinski definition) is 5. The van der Waals surface area contributed by atoms with Gasteiger partial charge in [-0.3, -0.25) is 10.4 Å². The van der Waals surface area contributed by atoms with Crippen molar-refractivity contribution in [2.24, 2.45) is 11.5 Å². The minimum absolute atomic E-state index is 0.139. The van der Waals surface area contributed by atoms with Gasteiger partial charge in [0.05, 0.1) is 11.4 Å². The van der Waals surface area contributed by atoms with Gasteiger partial charge in [0.1, 0.15) is 5.82 Å². The van der Waals surface area contributed by atoms with Crippen molar-refractivity contribution in [2.45, 2.75) is 6.92 Å². The van der Waals surface area contributed by atoms with Gasteiger partial charge in [-0.1, -0.05) is 12.1 Å². The first-order valence-corrected chi connectivity index (χ1v) is 8.41. The molecule has 7 heteroatoms. The van der Waals surface area contributed by atoms with Gasteiger partial charge in [0.25, 0.3) is 0 Å². The molecule has 0 bridgehead atoms. The number of allylic oxidation sites excluding steroid dienone is 2. The largest absolute Gasteiger partial charge is 0.404 e. The second-order valence-corrected chi connectivity index (χ2v) is 5.80. The molecule has 0 unspecified atom stereocenters. The van der Waals surface area contributed by atoms with Crippen LogP contribution in [0, 0.1) is 23.6 Å². The number of pyridine rings is 1. The molecule has 2 rings (SSSR count). The van der Waals surface area contributed by atoms with Crippen molar-refractivity contribution in [3.8, 4) is 0 Å². The molecule has 1 aromatic carbocycles. The summed E-state index contributed by atoms with van der Waals surface area (Å²) in [6.45, 7) is 2.77. The molecule has 140 valence electrons. The van der Waals surface area contributed by atoms with E-state index in [-0.39, 0.29) is 11.3 Å². The molecule has 7 N–H and O–H groups in total. The van der Waals surface area contributed by atoms with Gasteiger partial charge in [-0.25, -0.2) is 4.39 Å². The van der Waals surface area contributed by atoms with Crippen LogP contribution in [0.25, 0.3) is 11.1 Å². The highest BCUT2D eigenvalue weighted by molar-refractivity contribution is 6.29. The van der Waals surface area contributed by atoms with Crippen LogP contribution in [0.3, 0.4) is 0 Å². The summed E-state index contributed by atoms with van der Waals surface area (Å²) >= 11 is 0. The zero-order valence-corrected chi connectivity index (χ0v) is 15.1. The van der Waals surface area contributed by atoms with Gasteiger partial charge < -0.3 is 22.2 Å². The lowest BCUT2D eigenvalue weighted by atomic mass is 9.95. The van der Waals surface area contributed by atoms with Crippen LogP contribution in [-0.4, -0.2) is 30.0 Å². The summed E-state index contributed by atoms with van der Waals surface area (Å²) in [7, 11) is 0. The number of rotatable bonds is 8. The van der Waals surface area contributed by atoms with E-state index in [2.05, 4.69) is 10.3 Å². The number of halogens is 1. The molecule has 0 aliphatic carbocycles. The zero-order valence-electron chi connectivity index (χ0n) is 15.1. The number of nitrogens with zero attached hydrogens (tertiary/aromatic N) is 1. The Labute approximate surface area is 157 Å². The summed E-state index contributed by atoms with van der Waals surface area (Å²) in [6, 6.07) is 9.80. The first-order valence-electron chi connectivity index (χ1n) is 8.41. The standard InChI is InChI=1S/C20H23FN6/c1-13-3-2-4-19(27-13)20(25)17(11-24)14-5-6-18(21)16(9-14)15(10-23)12-26-8-7-22/h2-6,9-12,23,25-26H,7-8,22,24H2,1H3/b15-12+,17-11-,23-10?,25-20?. The molecular weight excluding hydrogens is 343 g/mol. The van der Waals surface area contributed by atoms with Crippen molar-refractivity contribution in [1.29, 1.82) is 10.8 Å². The van der Waals surface area contributed by atoms with Crippen LogP contribution in [0.15, 0.2) is 48.8 Å². The second kappa shape index (κ2) is 9.40. The Morgan fingerprint density at radius 1 is 1.30 bits per heavy atom. The average molecular weight is 366 g/mol. The lowest BCUT2D eigenvalue weighted by molar-refractivity contribution is 0.624. The number of benzene rings is 1. The first kappa shape index (κ1) is 20.0. The molecule has 0 aliphatic heterocycles. The molecule has 6 nitrogen and oxygen atoms in total. The molecule has 0 saturated carbocycles. The van der Waals surface area contributed by atoms with Crippen LogP contribution in [0.5, 0.6) is 0 Å². The normalized spacial score (nSPS) is 12.0. The summed E-state index contributed by atoms with van der Waals surface area (Å²) in [5.41, 5.74) is 14.2. The molecule has 0 saturated heterocycles. The highest BCUT2D eigenvalue weighted by atomic mass is 19.1. The van der Waals surface area contributed by atoms with Crippen LogP contribution in [-0.2, 0) is 0 Å². The quantitative estimate of drug-likeness (QED) is 0.363. The van der Waals surface area contributed by atoms with Crippen molar-refractivity contribution in [1.82, 2.24) is 10.3 Å². The van der Waals surface area contributed by atoms with Crippen molar-refractivity contribution in [3.05, 3.63) is 77.1 Å². The fourth-order valence-corrected chi connectivity index (χ4v) is 2.52. The SMILES string of the molecule is Cc1cccc(C(=N)/C(=C\N)c2ccc(F)c(/C(C=N)=C/NCCN)c2)n1.